The average Bonchev–Trinajstić information content (AvgIpc) is 2.62. The Morgan fingerprint density at radius 3 is 2.36 bits per heavy atom. The number of nitrogens with zero attached hydrogens (tertiary/aromatic N) is 3. The maximum absolute atomic E-state index is 11.7. The molecule has 0 atom stereocenters. The van der Waals surface area contributed by atoms with E-state index in [0.29, 0.717) is 18.1 Å². The van der Waals surface area contributed by atoms with Crippen molar-refractivity contribution in [2.75, 3.05) is 29.9 Å². The number of aromatic nitrogens is 2. The summed E-state index contributed by atoms with van der Waals surface area (Å²) in [6.07, 6.45) is 3.90. The second-order valence-electron chi connectivity index (χ2n) is 5.65. The number of esters is 1. The van der Waals surface area contributed by atoms with Crippen molar-refractivity contribution in [3.63, 3.8) is 0 Å². The fraction of sp³-hybridized carbons (Fsp3) is 0.421. The van der Waals surface area contributed by atoms with Crippen LogP contribution in [-0.2, 0) is 4.74 Å². The van der Waals surface area contributed by atoms with Gasteiger partial charge in [-0.05, 0) is 50.1 Å². The van der Waals surface area contributed by atoms with Crippen molar-refractivity contribution in [3.8, 4) is 0 Å². The third-order valence-corrected chi connectivity index (χ3v) is 3.60. The molecule has 1 heterocycles. The van der Waals surface area contributed by atoms with Gasteiger partial charge in [0.15, 0.2) is 0 Å². The number of nitrogens with one attached hydrogen (secondary N) is 1. The molecule has 0 bridgehead atoms. The molecule has 0 saturated carbocycles. The van der Waals surface area contributed by atoms with E-state index in [-0.39, 0.29) is 5.97 Å². The number of hydrogen-bond acceptors (Lipinski definition) is 6. The van der Waals surface area contributed by atoms with Crippen LogP contribution in [0.4, 0.5) is 17.5 Å². The maximum atomic E-state index is 11.7. The summed E-state index contributed by atoms with van der Waals surface area (Å²) in [5.74, 6) is 1.14. The summed E-state index contributed by atoms with van der Waals surface area (Å²) in [4.78, 5) is 22.8. The second kappa shape index (κ2) is 9.61. The highest BCUT2D eigenvalue weighted by Crippen LogP contribution is 2.18. The van der Waals surface area contributed by atoms with Crippen molar-refractivity contribution in [2.45, 2.75) is 33.6 Å². The van der Waals surface area contributed by atoms with Gasteiger partial charge in [0.1, 0.15) is 5.82 Å². The van der Waals surface area contributed by atoms with E-state index in [9.17, 15) is 4.79 Å². The maximum Gasteiger partial charge on any atom is 0.338 e. The quantitative estimate of drug-likeness (QED) is 0.694. The Kier molecular flexibility index (Phi) is 7.19. The Labute approximate surface area is 149 Å². The van der Waals surface area contributed by atoms with Gasteiger partial charge < -0.3 is 15.0 Å². The molecule has 0 aliphatic rings. The Bertz CT molecular complexity index is 667. The predicted octanol–water partition coefficient (Wildman–Crippen LogP) is 4.02. The fourth-order valence-corrected chi connectivity index (χ4v) is 2.50. The van der Waals surface area contributed by atoms with Gasteiger partial charge in [-0.3, -0.25) is 0 Å². The van der Waals surface area contributed by atoms with Crippen LogP contribution in [0, 0.1) is 0 Å². The van der Waals surface area contributed by atoms with Gasteiger partial charge in [-0.15, -0.1) is 0 Å². The van der Waals surface area contributed by atoms with Crippen LogP contribution in [0.1, 0.15) is 44.0 Å². The Balaban J connectivity index is 2.09. The standard InChI is InChI=1S/C19H26N4O2/c1-4-13-23(14-5-2)17-11-12-20-19(22-17)21-16-9-7-15(8-10-16)18(24)25-6-3/h7-12H,4-6,13-14H2,1-3H3,(H,20,21,22). The monoisotopic (exact) mass is 342 g/mol. The lowest BCUT2D eigenvalue weighted by Crippen LogP contribution is -2.26. The van der Waals surface area contributed by atoms with E-state index >= 15 is 0 Å². The zero-order valence-electron chi connectivity index (χ0n) is 15.2. The number of hydrogen-bond donors (Lipinski definition) is 1. The van der Waals surface area contributed by atoms with E-state index in [1.165, 1.54) is 0 Å². The third-order valence-electron chi connectivity index (χ3n) is 3.60. The summed E-state index contributed by atoms with van der Waals surface area (Å²) >= 11 is 0. The van der Waals surface area contributed by atoms with Crippen LogP contribution < -0.4 is 10.2 Å². The summed E-state index contributed by atoms with van der Waals surface area (Å²) in [5.41, 5.74) is 1.35. The minimum absolute atomic E-state index is 0.318. The minimum Gasteiger partial charge on any atom is -0.462 e. The lowest BCUT2D eigenvalue weighted by atomic mass is 10.2. The first-order chi connectivity index (χ1) is 12.2. The fourth-order valence-electron chi connectivity index (χ4n) is 2.50. The number of carbonyl (C=O) groups is 1. The molecule has 6 nitrogen and oxygen atoms in total. The average molecular weight is 342 g/mol. The first kappa shape index (κ1) is 18.7. The number of rotatable bonds is 9. The topological polar surface area (TPSA) is 67.4 Å². The van der Waals surface area contributed by atoms with Crippen molar-refractivity contribution in [1.82, 2.24) is 9.97 Å². The van der Waals surface area contributed by atoms with Crippen LogP contribution in [0.15, 0.2) is 36.5 Å². The van der Waals surface area contributed by atoms with E-state index in [4.69, 9.17) is 4.74 Å². The first-order valence-electron chi connectivity index (χ1n) is 8.80. The largest absolute Gasteiger partial charge is 0.462 e. The molecule has 0 radical (unpaired) electrons. The third kappa shape index (κ3) is 5.45. The van der Waals surface area contributed by atoms with Crippen molar-refractivity contribution in [1.29, 1.82) is 0 Å². The van der Waals surface area contributed by atoms with Gasteiger partial charge in [-0.1, -0.05) is 13.8 Å². The SMILES string of the molecule is CCCN(CCC)c1ccnc(Nc2ccc(C(=O)OCC)cc2)n1. The molecule has 0 aliphatic heterocycles. The molecule has 1 aromatic carbocycles. The molecule has 0 aliphatic carbocycles. The van der Waals surface area contributed by atoms with Gasteiger partial charge >= 0.3 is 5.97 Å². The van der Waals surface area contributed by atoms with Gasteiger partial charge in [0.2, 0.25) is 5.95 Å². The van der Waals surface area contributed by atoms with Crippen molar-refractivity contribution < 1.29 is 9.53 Å². The molecule has 1 aromatic heterocycles. The van der Waals surface area contributed by atoms with Gasteiger partial charge in [0, 0.05) is 25.0 Å². The summed E-state index contributed by atoms with van der Waals surface area (Å²) < 4.78 is 4.98. The van der Waals surface area contributed by atoms with E-state index in [1.807, 2.05) is 18.2 Å². The van der Waals surface area contributed by atoms with Crippen LogP contribution in [0.2, 0.25) is 0 Å². The lowest BCUT2D eigenvalue weighted by molar-refractivity contribution is 0.0526. The first-order valence-corrected chi connectivity index (χ1v) is 8.80. The molecule has 2 aromatic rings. The number of carbonyl (C=O) groups excluding carboxylic acids is 1. The van der Waals surface area contributed by atoms with E-state index < -0.39 is 0 Å². The molecule has 0 spiro atoms. The molecule has 1 N–H and O–H groups in total. The lowest BCUT2D eigenvalue weighted by Gasteiger charge is -2.22. The molecule has 134 valence electrons. The van der Waals surface area contributed by atoms with Gasteiger partial charge in [-0.2, -0.15) is 4.98 Å². The van der Waals surface area contributed by atoms with Gasteiger partial charge in [0.05, 0.1) is 12.2 Å². The van der Waals surface area contributed by atoms with E-state index in [1.54, 1.807) is 25.3 Å². The Hall–Kier alpha value is -2.63. The van der Waals surface area contributed by atoms with Crippen molar-refractivity contribution in [2.24, 2.45) is 0 Å². The number of ether oxygens (including phenoxy) is 1. The Morgan fingerprint density at radius 2 is 1.76 bits per heavy atom. The molecule has 0 amide bonds. The minimum atomic E-state index is -0.318. The summed E-state index contributed by atoms with van der Waals surface area (Å²) in [6.45, 7) is 8.42. The van der Waals surface area contributed by atoms with Gasteiger partial charge in [0.25, 0.3) is 0 Å². The molecule has 2 rings (SSSR count). The zero-order valence-corrected chi connectivity index (χ0v) is 15.2. The molecular weight excluding hydrogens is 316 g/mol. The van der Waals surface area contributed by atoms with Crippen molar-refractivity contribution >= 4 is 23.4 Å². The molecule has 0 saturated heterocycles. The zero-order chi connectivity index (χ0) is 18.1. The van der Waals surface area contributed by atoms with Crippen molar-refractivity contribution in [3.05, 3.63) is 42.1 Å². The van der Waals surface area contributed by atoms with Crippen LogP contribution in [0.5, 0.6) is 0 Å². The predicted molar refractivity (Wildman–Crippen MR) is 101 cm³/mol. The summed E-state index contributed by atoms with van der Waals surface area (Å²) in [6, 6.07) is 9.02. The molecule has 6 heteroatoms. The van der Waals surface area contributed by atoms with E-state index in [2.05, 4.69) is 34.0 Å². The molecule has 0 unspecified atom stereocenters. The summed E-state index contributed by atoms with van der Waals surface area (Å²) in [5, 5.41) is 3.18. The second-order valence-corrected chi connectivity index (χ2v) is 5.65. The normalized spacial score (nSPS) is 10.4. The van der Waals surface area contributed by atoms with Gasteiger partial charge in [-0.25, -0.2) is 9.78 Å². The highest BCUT2D eigenvalue weighted by atomic mass is 16.5. The van der Waals surface area contributed by atoms with E-state index in [0.717, 1.165) is 37.4 Å². The molecule has 25 heavy (non-hydrogen) atoms. The van der Waals surface area contributed by atoms with Crippen LogP contribution >= 0.6 is 0 Å². The number of benzene rings is 1. The Morgan fingerprint density at radius 1 is 1.08 bits per heavy atom. The smallest absolute Gasteiger partial charge is 0.338 e. The summed E-state index contributed by atoms with van der Waals surface area (Å²) in [7, 11) is 0. The van der Waals surface area contributed by atoms with Crippen LogP contribution in [-0.4, -0.2) is 35.6 Å². The van der Waals surface area contributed by atoms with Crippen LogP contribution in [0.25, 0.3) is 0 Å². The number of anilines is 3. The highest BCUT2D eigenvalue weighted by Gasteiger charge is 2.09. The van der Waals surface area contributed by atoms with Crippen LogP contribution in [0.3, 0.4) is 0 Å². The highest BCUT2D eigenvalue weighted by molar-refractivity contribution is 5.89. The molecular formula is C19H26N4O2. The molecule has 0 fully saturated rings.